The number of hydrogen-bond acceptors (Lipinski definition) is 4. The third-order valence-corrected chi connectivity index (χ3v) is 4.05. The summed E-state index contributed by atoms with van der Waals surface area (Å²) in [4.78, 5) is 22.5. The van der Waals surface area contributed by atoms with E-state index in [-0.39, 0.29) is 18.1 Å². The Morgan fingerprint density at radius 3 is 2.74 bits per heavy atom. The van der Waals surface area contributed by atoms with Crippen LogP contribution in [0, 0.1) is 0 Å². The fourth-order valence-corrected chi connectivity index (χ4v) is 2.88. The molecule has 0 bridgehead atoms. The fraction of sp³-hybridized carbons (Fsp3) is 0.467. The van der Waals surface area contributed by atoms with E-state index in [1.807, 2.05) is 4.90 Å². The van der Waals surface area contributed by atoms with Gasteiger partial charge in [-0.15, -0.1) is 0 Å². The first-order valence-corrected chi connectivity index (χ1v) is 7.38. The van der Waals surface area contributed by atoms with E-state index < -0.39 is 12.7 Å². The van der Waals surface area contributed by atoms with Gasteiger partial charge in [-0.1, -0.05) is 12.1 Å². The second-order valence-corrected chi connectivity index (χ2v) is 5.79. The number of nitrogens with one attached hydrogen (secondary N) is 1. The summed E-state index contributed by atoms with van der Waals surface area (Å²) in [6, 6.07) is 6.72. The molecule has 0 saturated carbocycles. The number of para-hydroxylation sites is 1. The minimum Gasteiger partial charge on any atom is -0.339 e. The standard InChI is InChI=1S/C15H17F3N4O/c1-10-8-21(6-7-22(10)9-15(16,17)18)14-19-12-5-3-2-4-11(12)13(23)20-14/h2-5,10H,6-9H2,1H3,(H,19,20,23). The van der Waals surface area contributed by atoms with Crippen molar-refractivity contribution in [2.75, 3.05) is 31.1 Å². The van der Waals surface area contributed by atoms with Crippen LogP contribution >= 0.6 is 0 Å². The summed E-state index contributed by atoms with van der Waals surface area (Å²) in [6.45, 7) is 1.89. The minimum atomic E-state index is -4.20. The van der Waals surface area contributed by atoms with Gasteiger partial charge < -0.3 is 4.90 Å². The van der Waals surface area contributed by atoms with Crippen molar-refractivity contribution in [2.45, 2.75) is 19.1 Å². The van der Waals surface area contributed by atoms with Gasteiger partial charge >= 0.3 is 6.18 Å². The van der Waals surface area contributed by atoms with E-state index in [4.69, 9.17) is 0 Å². The normalized spacial score (nSPS) is 20.2. The van der Waals surface area contributed by atoms with Gasteiger partial charge in [-0.3, -0.25) is 14.7 Å². The van der Waals surface area contributed by atoms with Crippen molar-refractivity contribution in [2.24, 2.45) is 0 Å². The summed E-state index contributed by atoms with van der Waals surface area (Å²) >= 11 is 0. The Balaban J connectivity index is 1.80. The summed E-state index contributed by atoms with van der Waals surface area (Å²) in [6.07, 6.45) is -4.20. The van der Waals surface area contributed by atoms with Crippen molar-refractivity contribution < 1.29 is 13.2 Å². The molecule has 1 aromatic carbocycles. The molecule has 124 valence electrons. The Hall–Kier alpha value is -2.09. The second kappa shape index (κ2) is 5.84. The maximum Gasteiger partial charge on any atom is 0.401 e. The van der Waals surface area contributed by atoms with E-state index in [1.165, 1.54) is 4.90 Å². The number of nitrogens with zero attached hydrogens (tertiary/aromatic N) is 3. The summed E-state index contributed by atoms with van der Waals surface area (Å²) in [5, 5.41) is 0.500. The molecule has 0 amide bonds. The van der Waals surface area contributed by atoms with Crippen molar-refractivity contribution in [1.82, 2.24) is 14.9 Å². The molecular weight excluding hydrogens is 309 g/mol. The number of aromatic nitrogens is 2. The number of H-pyrrole nitrogens is 1. The lowest BCUT2D eigenvalue weighted by Crippen LogP contribution is -2.54. The van der Waals surface area contributed by atoms with Gasteiger partial charge in [-0.25, -0.2) is 4.98 Å². The summed E-state index contributed by atoms with van der Waals surface area (Å²) in [5.41, 5.74) is 0.340. The zero-order valence-electron chi connectivity index (χ0n) is 12.6. The lowest BCUT2D eigenvalue weighted by atomic mass is 10.2. The number of halogens is 3. The summed E-state index contributed by atoms with van der Waals surface area (Å²) in [7, 11) is 0. The molecule has 0 radical (unpaired) electrons. The monoisotopic (exact) mass is 326 g/mol. The highest BCUT2D eigenvalue weighted by Gasteiger charge is 2.35. The van der Waals surface area contributed by atoms with Gasteiger partial charge in [0.15, 0.2) is 0 Å². The molecular formula is C15H17F3N4O. The van der Waals surface area contributed by atoms with Crippen LogP contribution in [0.25, 0.3) is 10.9 Å². The van der Waals surface area contributed by atoms with Crippen LogP contribution in [0.5, 0.6) is 0 Å². The molecule has 2 aromatic rings. The Morgan fingerprint density at radius 2 is 2.04 bits per heavy atom. The average molecular weight is 326 g/mol. The molecule has 1 aliphatic heterocycles. The van der Waals surface area contributed by atoms with E-state index in [0.717, 1.165) is 0 Å². The van der Waals surface area contributed by atoms with Crippen molar-refractivity contribution in [3.63, 3.8) is 0 Å². The Bertz CT molecular complexity index is 758. The van der Waals surface area contributed by atoms with Crippen LogP contribution in [0.4, 0.5) is 19.1 Å². The molecule has 23 heavy (non-hydrogen) atoms. The van der Waals surface area contributed by atoms with E-state index in [9.17, 15) is 18.0 Å². The molecule has 1 aliphatic rings. The quantitative estimate of drug-likeness (QED) is 0.917. The highest BCUT2D eigenvalue weighted by molar-refractivity contribution is 5.78. The Kier molecular flexibility index (Phi) is 4.01. The Labute approximate surface area is 130 Å². The molecule has 3 rings (SSSR count). The van der Waals surface area contributed by atoms with Gasteiger partial charge in [0.1, 0.15) is 0 Å². The van der Waals surface area contributed by atoms with Crippen molar-refractivity contribution in [1.29, 1.82) is 0 Å². The fourth-order valence-electron chi connectivity index (χ4n) is 2.88. The smallest absolute Gasteiger partial charge is 0.339 e. The van der Waals surface area contributed by atoms with Crippen LogP contribution in [-0.4, -0.2) is 53.3 Å². The molecule has 0 aliphatic carbocycles. The van der Waals surface area contributed by atoms with Gasteiger partial charge in [0.2, 0.25) is 5.95 Å². The first-order chi connectivity index (χ1) is 10.8. The maximum atomic E-state index is 12.5. The number of aromatic amines is 1. The van der Waals surface area contributed by atoms with Gasteiger partial charge in [0.25, 0.3) is 5.56 Å². The zero-order chi connectivity index (χ0) is 16.6. The van der Waals surface area contributed by atoms with Crippen LogP contribution < -0.4 is 10.5 Å². The molecule has 2 heterocycles. The molecule has 1 atom stereocenters. The van der Waals surface area contributed by atoms with Crippen molar-refractivity contribution >= 4 is 16.9 Å². The van der Waals surface area contributed by atoms with Crippen LogP contribution in [0.2, 0.25) is 0 Å². The SMILES string of the molecule is CC1CN(c2nc3ccccc3c(=O)[nH]2)CCN1CC(F)(F)F. The van der Waals surface area contributed by atoms with Gasteiger partial charge in [-0.05, 0) is 19.1 Å². The van der Waals surface area contributed by atoms with Crippen LogP contribution in [0.15, 0.2) is 29.1 Å². The van der Waals surface area contributed by atoms with Crippen LogP contribution in [0.3, 0.4) is 0 Å². The average Bonchev–Trinajstić information content (AvgIpc) is 2.48. The van der Waals surface area contributed by atoms with Crippen LogP contribution in [0.1, 0.15) is 6.92 Å². The molecule has 5 nitrogen and oxygen atoms in total. The van der Waals surface area contributed by atoms with Gasteiger partial charge in [-0.2, -0.15) is 13.2 Å². The molecule has 1 unspecified atom stereocenters. The molecule has 1 N–H and O–H groups in total. The number of benzene rings is 1. The molecule has 1 fully saturated rings. The maximum absolute atomic E-state index is 12.5. The number of hydrogen-bond donors (Lipinski definition) is 1. The first-order valence-electron chi connectivity index (χ1n) is 7.38. The van der Waals surface area contributed by atoms with Gasteiger partial charge in [0, 0.05) is 25.7 Å². The molecule has 1 aromatic heterocycles. The molecule has 0 spiro atoms. The zero-order valence-corrected chi connectivity index (χ0v) is 12.6. The third-order valence-electron chi connectivity index (χ3n) is 4.05. The second-order valence-electron chi connectivity index (χ2n) is 5.79. The third kappa shape index (κ3) is 3.47. The Morgan fingerprint density at radius 1 is 1.30 bits per heavy atom. The van der Waals surface area contributed by atoms with E-state index in [0.29, 0.717) is 29.9 Å². The summed E-state index contributed by atoms with van der Waals surface area (Å²) < 4.78 is 37.6. The number of alkyl halides is 3. The largest absolute Gasteiger partial charge is 0.401 e. The summed E-state index contributed by atoms with van der Waals surface area (Å²) in [5.74, 6) is 0.409. The van der Waals surface area contributed by atoms with Crippen molar-refractivity contribution in [3.8, 4) is 0 Å². The number of piperazine rings is 1. The van der Waals surface area contributed by atoms with Crippen LogP contribution in [-0.2, 0) is 0 Å². The van der Waals surface area contributed by atoms with Gasteiger partial charge in [0.05, 0.1) is 17.4 Å². The number of fused-ring (bicyclic) bond motifs is 1. The van der Waals surface area contributed by atoms with Crippen molar-refractivity contribution in [3.05, 3.63) is 34.6 Å². The van der Waals surface area contributed by atoms with E-state index in [1.54, 1.807) is 31.2 Å². The highest BCUT2D eigenvalue weighted by Crippen LogP contribution is 2.22. The van der Waals surface area contributed by atoms with E-state index >= 15 is 0 Å². The molecule has 1 saturated heterocycles. The number of anilines is 1. The lowest BCUT2D eigenvalue weighted by molar-refractivity contribution is -0.150. The number of rotatable bonds is 2. The first kappa shape index (κ1) is 15.8. The molecule has 8 heteroatoms. The highest BCUT2D eigenvalue weighted by atomic mass is 19.4. The van der Waals surface area contributed by atoms with E-state index in [2.05, 4.69) is 9.97 Å². The lowest BCUT2D eigenvalue weighted by Gasteiger charge is -2.40. The topological polar surface area (TPSA) is 52.2 Å². The predicted molar refractivity (Wildman–Crippen MR) is 81.7 cm³/mol. The minimum absolute atomic E-state index is 0.240. The predicted octanol–water partition coefficient (Wildman–Crippen LogP) is 2.00.